The molecule has 1 aromatic rings. The third-order valence-corrected chi connectivity index (χ3v) is 3.25. The average Bonchev–Trinajstić information content (AvgIpc) is 2.46. The quantitative estimate of drug-likeness (QED) is 0.523. The van der Waals surface area contributed by atoms with E-state index in [0.717, 1.165) is 49.7 Å². The monoisotopic (exact) mass is 272 g/mol. The fourth-order valence-electron chi connectivity index (χ4n) is 2.18. The van der Waals surface area contributed by atoms with Gasteiger partial charge in [-0.2, -0.15) is 9.98 Å². The largest absolute Gasteiger partial charge is 0.240 e. The van der Waals surface area contributed by atoms with Gasteiger partial charge in [-0.1, -0.05) is 32.8 Å². The molecule has 0 aliphatic carbocycles. The van der Waals surface area contributed by atoms with Crippen LogP contribution in [0.2, 0.25) is 0 Å². The first-order chi connectivity index (χ1) is 9.78. The van der Waals surface area contributed by atoms with Crippen molar-refractivity contribution in [2.75, 3.05) is 0 Å². The van der Waals surface area contributed by atoms with E-state index in [4.69, 9.17) is 0 Å². The smallest absolute Gasteiger partial charge is 0.211 e. The Morgan fingerprint density at radius 1 is 0.950 bits per heavy atom. The van der Waals surface area contributed by atoms with Crippen molar-refractivity contribution in [2.24, 2.45) is 9.98 Å². The summed E-state index contributed by atoms with van der Waals surface area (Å²) in [6.45, 7) is 4.21. The molecule has 0 unspecified atom stereocenters. The van der Waals surface area contributed by atoms with E-state index in [1.54, 1.807) is 12.2 Å². The van der Waals surface area contributed by atoms with Crippen LogP contribution in [-0.2, 0) is 22.4 Å². The maximum atomic E-state index is 10.7. The van der Waals surface area contributed by atoms with E-state index in [0.29, 0.717) is 11.4 Å². The third kappa shape index (κ3) is 4.27. The Morgan fingerprint density at radius 2 is 1.60 bits per heavy atom. The second-order valence-corrected chi connectivity index (χ2v) is 4.68. The molecule has 0 radical (unpaired) electrons. The standard InChI is InChI=1S/C16H20N2O2/c1-3-5-7-13-9-10-15(17-11-19)14(8-6-4-2)16(13)18-12-20/h9-10H,3-8H2,1-2H3. The van der Waals surface area contributed by atoms with Crippen LogP contribution in [0.15, 0.2) is 22.1 Å². The van der Waals surface area contributed by atoms with Crippen molar-refractivity contribution < 1.29 is 9.59 Å². The summed E-state index contributed by atoms with van der Waals surface area (Å²) in [6, 6.07) is 3.70. The van der Waals surface area contributed by atoms with Gasteiger partial charge in [0.1, 0.15) is 0 Å². The predicted octanol–water partition coefficient (Wildman–Crippen LogP) is 4.31. The minimum absolute atomic E-state index is 0.558. The van der Waals surface area contributed by atoms with Crippen molar-refractivity contribution in [3.05, 3.63) is 23.3 Å². The molecule has 0 aliphatic rings. The van der Waals surface area contributed by atoms with Crippen LogP contribution < -0.4 is 0 Å². The topological polar surface area (TPSA) is 58.9 Å². The van der Waals surface area contributed by atoms with Gasteiger partial charge >= 0.3 is 0 Å². The Morgan fingerprint density at radius 3 is 2.20 bits per heavy atom. The molecule has 20 heavy (non-hydrogen) atoms. The highest BCUT2D eigenvalue weighted by molar-refractivity contribution is 5.69. The molecular weight excluding hydrogens is 252 g/mol. The highest BCUT2D eigenvalue weighted by atomic mass is 16.1. The predicted molar refractivity (Wildman–Crippen MR) is 79.2 cm³/mol. The van der Waals surface area contributed by atoms with E-state index < -0.39 is 0 Å². The van der Waals surface area contributed by atoms with Crippen molar-refractivity contribution in [1.82, 2.24) is 0 Å². The van der Waals surface area contributed by atoms with Gasteiger partial charge in [0.2, 0.25) is 12.2 Å². The number of rotatable bonds is 8. The van der Waals surface area contributed by atoms with Gasteiger partial charge in [-0.25, -0.2) is 9.59 Å². The summed E-state index contributed by atoms with van der Waals surface area (Å²) in [7, 11) is 0. The van der Waals surface area contributed by atoms with E-state index in [1.807, 2.05) is 12.1 Å². The van der Waals surface area contributed by atoms with E-state index in [-0.39, 0.29) is 0 Å². The Bertz CT molecular complexity index is 540. The minimum Gasteiger partial charge on any atom is -0.211 e. The van der Waals surface area contributed by atoms with Crippen molar-refractivity contribution in [1.29, 1.82) is 0 Å². The van der Waals surface area contributed by atoms with Gasteiger partial charge in [0.25, 0.3) is 0 Å². The zero-order valence-corrected chi connectivity index (χ0v) is 12.1. The molecule has 4 nitrogen and oxygen atoms in total. The first kappa shape index (κ1) is 16.0. The van der Waals surface area contributed by atoms with Gasteiger partial charge in [0.15, 0.2) is 0 Å². The van der Waals surface area contributed by atoms with Gasteiger partial charge in [-0.05, 0) is 37.3 Å². The van der Waals surface area contributed by atoms with Crippen LogP contribution in [0, 0.1) is 0 Å². The fourth-order valence-corrected chi connectivity index (χ4v) is 2.18. The maximum absolute atomic E-state index is 10.7. The lowest BCUT2D eigenvalue weighted by Crippen LogP contribution is -1.93. The van der Waals surface area contributed by atoms with Crippen molar-refractivity contribution in [2.45, 2.75) is 52.4 Å². The van der Waals surface area contributed by atoms with Crippen LogP contribution in [0.25, 0.3) is 0 Å². The van der Waals surface area contributed by atoms with Gasteiger partial charge in [0, 0.05) is 5.56 Å². The summed E-state index contributed by atoms with van der Waals surface area (Å²) >= 11 is 0. The van der Waals surface area contributed by atoms with Crippen LogP contribution in [0.5, 0.6) is 0 Å². The van der Waals surface area contributed by atoms with Crippen LogP contribution >= 0.6 is 0 Å². The highest BCUT2D eigenvalue weighted by Crippen LogP contribution is 2.34. The maximum Gasteiger partial charge on any atom is 0.240 e. The molecule has 1 rings (SSSR count). The fraction of sp³-hybridized carbons (Fsp3) is 0.500. The van der Waals surface area contributed by atoms with Crippen molar-refractivity contribution >= 4 is 23.5 Å². The second-order valence-electron chi connectivity index (χ2n) is 4.68. The summed E-state index contributed by atoms with van der Waals surface area (Å²) in [6.07, 6.45) is 8.88. The molecule has 0 aromatic heterocycles. The zero-order chi connectivity index (χ0) is 14.8. The first-order valence-electron chi connectivity index (χ1n) is 7.08. The molecule has 0 fully saturated rings. The normalized spacial score (nSPS) is 9.70. The van der Waals surface area contributed by atoms with Crippen LogP contribution in [-0.4, -0.2) is 12.2 Å². The number of isocyanates is 2. The average molecular weight is 272 g/mol. The lowest BCUT2D eigenvalue weighted by atomic mass is 9.97. The minimum atomic E-state index is 0.558. The molecular formula is C16H20N2O2. The number of carbonyl (C=O) groups excluding carboxylic acids is 2. The second kappa shape index (κ2) is 8.98. The highest BCUT2D eigenvalue weighted by Gasteiger charge is 2.12. The molecule has 4 heteroatoms. The molecule has 0 spiro atoms. The van der Waals surface area contributed by atoms with E-state index in [2.05, 4.69) is 23.8 Å². The number of nitrogens with zero attached hydrogens (tertiary/aromatic N) is 2. The molecule has 0 saturated carbocycles. The molecule has 0 saturated heterocycles. The number of hydrogen-bond acceptors (Lipinski definition) is 4. The lowest BCUT2D eigenvalue weighted by molar-refractivity contribution is 0.564. The number of aliphatic imine (C=N–C) groups is 2. The molecule has 0 N–H and O–H groups in total. The SMILES string of the molecule is CCCCc1ccc(N=C=O)c(CCCC)c1N=C=O. The Kier molecular flexibility index (Phi) is 7.20. The molecule has 106 valence electrons. The van der Waals surface area contributed by atoms with Gasteiger partial charge in [0.05, 0.1) is 11.4 Å². The molecule has 1 aromatic carbocycles. The van der Waals surface area contributed by atoms with Gasteiger partial charge in [-0.15, -0.1) is 0 Å². The Balaban J connectivity index is 3.34. The van der Waals surface area contributed by atoms with Crippen molar-refractivity contribution in [3.8, 4) is 0 Å². The van der Waals surface area contributed by atoms with Gasteiger partial charge in [-0.3, -0.25) is 0 Å². The number of benzene rings is 1. The van der Waals surface area contributed by atoms with E-state index in [9.17, 15) is 9.59 Å². The zero-order valence-electron chi connectivity index (χ0n) is 12.1. The summed E-state index contributed by atoms with van der Waals surface area (Å²) in [4.78, 5) is 28.8. The Hall–Kier alpha value is -2.02. The molecule has 0 aliphatic heterocycles. The summed E-state index contributed by atoms with van der Waals surface area (Å²) in [5.74, 6) is 0. The summed E-state index contributed by atoms with van der Waals surface area (Å²) in [5.41, 5.74) is 3.07. The number of unbranched alkanes of at least 4 members (excludes halogenated alkanes) is 2. The van der Waals surface area contributed by atoms with Crippen molar-refractivity contribution in [3.63, 3.8) is 0 Å². The van der Waals surface area contributed by atoms with Crippen LogP contribution in [0.4, 0.5) is 11.4 Å². The lowest BCUT2D eigenvalue weighted by Gasteiger charge is -2.12. The van der Waals surface area contributed by atoms with Crippen LogP contribution in [0.3, 0.4) is 0 Å². The molecule has 0 atom stereocenters. The molecule has 0 amide bonds. The molecule has 0 bridgehead atoms. The van der Waals surface area contributed by atoms with E-state index in [1.165, 1.54) is 0 Å². The summed E-state index contributed by atoms with van der Waals surface area (Å²) < 4.78 is 0. The number of aryl methyl sites for hydroxylation is 1. The number of hydrogen-bond donors (Lipinski definition) is 0. The molecule has 0 heterocycles. The first-order valence-corrected chi connectivity index (χ1v) is 7.08. The summed E-state index contributed by atoms with van der Waals surface area (Å²) in [5, 5.41) is 0. The van der Waals surface area contributed by atoms with Crippen LogP contribution in [0.1, 0.15) is 50.7 Å². The third-order valence-electron chi connectivity index (χ3n) is 3.25. The van der Waals surface area contributed by atoms with Gasteiger partial charge < -0.3 is 0 Å². The van der Waals surface area contributed by atoms with E-state index >= 15 is 0 Å². The Labute approximate surface area is 119 Å².